The first-order valence-corrected chi connectivity index (χ1v) is 6.90. The first kappa shape index (κ1) is 11.5. The van der Waals surface area contributed by atoms with Gasteiger partial charge in [-0.2, -0.15) is 0 Å². The van der Waals surface area contributed by atoms with Gasteiger partial charge in [-0.15, -0.1) is 11.3 Å². The fourth-order valence-corrected chi connectivity index (χ4v) is 2.64. The van der Waals surface area contributed by atoms with E-state index in [1.54, 1.807) is 17.4 Å². The van der Waals surface area contributed by atoms with Crippen molar-refractivity contribution in [2.75, 3.05) is 0 Å². The number of carbonyl (C=O) groups is 1. The Kier molecular flexibility index (Phi) is 2.91. The number of amides is 1. The lowest BCUT2D eigenvalue weighted by atomic mass is 10.2. The molecule has 4 nitrogen and oxygen atoms in total. The van der Waals surface area contributed by atoms with Crippen LogP contribution >= 0.6 is 11.3 Å². The number of thiophene rings is 1. The third-order valence-corrected chi connectivity index (χ3v) is 4.14. The van der Waals surface area contributed by atoms with Gasteiger partial charge in [-0.05, 0) is 36.8 Å². The quantitative estimate of drug-likeness (QED) is 0.921. The number of nitrogens with zero attached hydrogens (tertiary/aromatic N) is 1. The second-order valence-electron chi connectivity index (χ2n) is 4.60. The monoisotopic (exact) mass is 262 g/mol. The van der Waals surface area contributed by atoms with Crippen LogP contribution in [0.2, 0.25) is 0 Å². The van der Waals surface area contributed by atoms with Gasteiger partial charge in [0.15, 0.2) is 5.69 Å². The Balaban J connectivity index is 1.62. The molecular formula is C13H14N2O2S. The SMILES string of the molecule is Cc1ccsc1CNC(=O)c1cc(C2CC2)on1. The molecule has 1 aliphatic rings. The van der Waals surface area contributed by atoms with Gasteiger partial charge in [0.1, 0.15) is 5.76 Å². The molecule has 2 aromatic rings. The number of hydrogen-bond donors (Lipinski definition) is 1. The molecule has 0 spiro atoms. The zero-order valence-electron chi connectivity index (χ0n) is 10.1. The lowest BCUT2D eigenvalue weighted by Crippen LogP contribution is -2.22. The van der Waals surface area contributed by atoms with Crippen LogP contribution in [0.4, 0.5) is 0 Å². The molecule has 0 unspecified atom stereocenters. The second kappa shape index (κ2) is 4.57. The summed E-state index contributed by atoms with van der Waals surface area (Å²) in [6, 6.07) is 3.81. The van der Waals surface area contributed by atoms with E-state index < -0.39 is 0 Å². The molecule has 94 valence electrons. The van der Waals surface area contributed by atoms with Crippen LogP contribution in [0.25, 0.3) is 0 Å². The summed E-state index contributed by atoms with van der Waals surface area (Å²) in [5.41, 5.74) is 1.59. The average molecular weight is 262 g/mol. The highest BCUT2D eigenvalue weighted by Crippen LogP contribution is 2.40. The van der Waals surface area contributed by atoms with Gasteiger partial charge in [-0.25, -0.2) is 0 Å². The largest absolute Gasteiger partial charge is 0.360 e. The molecule has 0 aromatic carbocycles. The second-order valence-corrected chi connectivity index (χ2v) is 5.60. The number of rotatable bonds is 4. The van der Waals surface area contributed by atoms with E-state index in [0.717, 1.165) is 18.6 Å². The third kappa shape index (κ3) is 2.31. The van der Waals surface area contributed by atoms with Crippen molar-refractivity contribution in [3.63, 3.8) is 0 Å². The minimum Gasteiger partial charge on any atom is -0.360 e. The number of nitrogens with one attached hydrogen (secondary N) is 1. The van der Waals surface area contributed by atoms with Crippen LogP contribution in [0, 0.1) is 6.92 Å². The van der Waals surface area contributed by atoms with E-state index in [-0.39, 0.29) is 5.91 Å². The van der Waals surface area contributed by atoms with Gasteiger partial charge in [-0.1, -0.05) is 5.16 Å². The van der Waals surface area contributed by atoms with Gasteiger partial charge in [0.2, 0.25) is 0 Å². The van der Waals surface area contributed by atoms with E-state index in [9.17, 15) is 4.79 Å². The van der Waals surface area contributed by atoms with Gasteiger partial charge in [0, 0.05) is 16.9 Å². The molecule has 1 aliphatic carbocycles. The molecular weight excluding hydrogens is 248 g/mol. The minimum absolute atomic E-state index is 0.168. The first-order chi connectivity index (χ1) is 8.74. The Morgan fingerprint density at radius 2 is 2.44 bits per heavy atom. The molecule has 18 heavy (non-hydrogen) atoms. The summed E-state index contributed by atoms with van der Waals surface area (Å²) in [6.45, 7) is 2.59. The molecule has 1 saturated carbocycles. The number of aromatic nitrogens is 1. The summed E-state index contributed by atoms with van der Waals surface area (Å²) in [6.07, 6.45) is 2.29. The Morgan fingerprint density at radius 3 is 3.11 bits per heavy atom. The minimum atomic E-state index is -0.168. The molecule has 2 heterocycles. The Labute approximate surface area is 109 Å². The summed E-state index contributed by atoms with van der Waals surface area (Å²) < 4.78 is 5.16. The van der Waals surface area contributed by atoms with Crippen LogP contribution in [0.15, 0.2) is 22.0 Å². The molecule has 5 heteroatoms. The molecule has 0 radical (unpaired) electrons. The Bertz CT molecular complexity index is 569. The lowest BCUT2D eigenvalue weighted by Gasteiger charge is -2.01. The number of hydrogen-bond acceptors (Lipinski definition) is 4. The van der Waals surface area contributed by atoms with Crippen molar-refractivity contribution in [1.82, 2.24) is 10.5 Å². The average Bonchev–Trinajstić information content (AvgIpc) is 2.95. The van der Waals surface area contributed by atoms with Crippen molar-refractivity contribution >= 4 is 17.2 Å². The molecule has 2 aromatic heterocycles. The highest BCUT2D eigenvalue weighted by atomic mass is 32.1. The van der Waals surface area contributed by atoms with Crippen LogP contribution in [-0.4, -0.2) is 11.1 Å². The molecule has 1 fully saturated rings. The van der Waals surface area contributed by atoms with Crippen molar-refractivity contribution in [3.8, 4) is 0 Å². The highest BCUT2D eigenvalue weighted by Gasteiger charge is 2.28. The smallest absolute Gasteiger partial charge is 0.273 e. The number of carbonyl (C=O) groups excluding carboxylic acids is 1. The van der Waals surface area contributed by atoms with Gasteiger partial charge < -0.3 is 9.84 Å². The molecule has 0 saturated heterocycles. The molecule has 0 aliphatic heterocycles. The maximum absolute atomic E-state index is 11.9. The molecule has 3 rings (SSSR count). The molecule has 1 amide bonds. The Hall–Kier alpha value is -1.62. The third-order valence-electron chi connectivity index (χ3n) is 3.12. The van der Waals surface area contributed by atoms with Crippen LogP contribution < -0.4 is 5.32 Å². The maximum Gasteiger partial charge on any atom is 0.273 e. The lowest BCUT2D eigenvalue weighted by molar-refractivity contribution is 0.0942. The van der Waals surface area contributed by atoms with Crippen LogP contribution in [0.5, 0.6) is 0 Å². The fourth-order valence-electron chi connectivity index (χ4n) is 1.79. The van der Waals surface area contributed by atoms with Gasteiger partial charge in [0.05, 0.1) is 6.54 Å². The fraction of sp³-hybridized carbons (Fsp3) is 0.385. The summed E-state index contributed by atoms with van der Waals surface area (Å²) in [5.74, 6) is 1.16. The van der Waals surface area contributed by atoms with Crippen molar-refractivity contribution < 1.29 is 9.32 Å². The van der Waals surface area contributed by atoms with E-state index in [1.807, 2.05) is 18.4 Å². The van der Waals surface area contributed by atoms with E-state index >= 15 is 0 Å². The van der Waals surface area contributed by atoms with Gasteiger partial charge in [0.25, 0.3) is 5.91 Å². The van der Waals surface area contributed by atoms with Crippen molar-refractivity contribution in [2.24, 2.45) is 0 Å². The van der Waals surface area contributed by atoms with Crippen molar-refractivity contribution in [3.05, 3.63) is 39.4 Å². The topological polar surface area (TPSA) is 55.1 Å². The summed E-state index contributed by atoms with van der Waals surface area (Å²) in [7, 11) is 0. The summed E-state index contributed by atoms with van der Waals surface area (Å²) in [4.78, 5) is 13.1. The maximum atomic E-state index is 11.9. The van der Waals surface area contributed by atoms with Crippen LogP contribution in [0.3, 0.4) is 0 Å². The van der Waals surface area contributed by atoms with Crippen molar-refractivity contribution in [1.29, 1.82) is 0 Å². The summed E-state index contributed by atoms with van der Waals surface area (Å²) in [5, 5.41) is 8.71. The first-order valence-electron chi connectivity index (χ1n) is 6.02. The van der Waals surface area contributed by atoms with Gasteiger partial charge >= 0.3 is 0 Å². The van der Waals surface area contributed by atoms with Crippen LogP contribution in [0.1, 0.15) is 45.4 Å². The van der Waals surface area contributed by atoms with E-state index in [1.165, 1.54) is 10.4 Å². The van der Waals surface area contributed by atoms with Crippen molar-refractivity contribution in [2.45, 2.75) is 32.2 Å². The molecule has 0 bridgehead atoms. The highest BCUT2D eigenvalue weighted by molar-refractivity contribution is 7.10. The normalized spacial score (nSPS) is 14.7. The Morgan fingerprint density at radius 1 is 1.61 bits per heavy atom. The van der Waals surface area contributed by atoms with Crippen LogP contribution in [-0.2, 0) is 6.54 Å². The predicted octanol–water partition coefficient (Wildman–Crippen LogP) is 2.85. The zero-order chi connectivity index (χ0) is 12.5. The predicted molar refractivity (Wildman–Crippen MR) is 68.7 cm³/mol. The molecule has 0 atom stereocenters. The molecule has 1 N–H and O–H groups in total. The van der Waals surface area contributed by atoms with E-state index in [4.69, 9.17) is 4.52 Å². The van der Waals surface area contributed by atoms with E-state index in [0.29, 0.717) is 18.2 Å². The van der Waals surface area contributed by atoms with Gasteiger partial charge in [-0.3, -0.25) is 4.79 Å². The summed E-state index contributed by atoms with van der Waals surface area (Å²) >= 11 is 1.65. The standard InChI is InChI=1S/C13H14N2O2S/c1-8-4-5-18-12(8)7-14-13(16)10-6-11(17-15-10)9-2-3-9/h4-6,9H,2-3,7H2,1H3,(H,14,16). The van der Waals surface area contributed by atoms with E-state index in [2.05, 4.69) is 10.5 Å². The number of aryl methyl sites for hydroxylation is 1. The zero-order valence-corrected chi connectivity index (χ0v) is 10.9.